The van der Waals surface area contributed by atoms with Crippen LogP contribution in [0.2, 0.25) is 0 Å². The Labute approximate surface area is 114 Å². The Morgan fingerprint density at radius 3 is 3.12 bits per heavy atom. The molecule has 17 heavy (non-hydrogen) atoms. The van der Waals surface area contributed by atoms with Crippen molar-refractivity contribution in [2.24, 2.45) is 5.92 Å². The fraction of sp³-hybridized carbons (Fsp3) is 0.583. The Kier molecular flexibility index (Phi) is 4.59. The maximum Gasteiger partial charge on any atom is 0.227 e. The van der Waals surface area contributed by atoms with Gasteiger partial charge < -0.3 is 10.2 Å². The van der Waals surface area contributed by atoms with E-state index in [1.165, 1.54) is 4.88 Å². The third-order valence-corrected chi connectivity index (χ3v) is 4.72. The molecule has 2 heterocycles. The van der Waals surface area contributed by atoms with Gasteiger partial charge in [-0.1, -0.05) is 0 Å². The summed E-state index contributed by atoms with van der Waals surface area (Å²) in [6.07, 6.45) is 2.12. The molecule has 0 unspecified atom stereocenters. The number of piperidine rings is 1. The van der Waals surface area contributed by atoms with E-state index in [1.807, 2.05) is 11.9 Å². The van der Waals surface area contributed by atoms with Gasteiger partial charge in [0.05, 0.1) is 12.5 Å². The number of hydrogen-bond donors (Lipinski definition) is 1. The Balaban J connectivity index is 1.90. The van der Waals surface area contributed by atoms with Crippen LogP contribution in [-0.2, 0) is 11.3 Å². The van der Waals surface area contributed by atoms with Crippen LogP contribution in [0.25, 0.3) is 0 Å². The molecule has 94 valence electrons. The summed E-state index contributed by atoms with van der Waals surface area (Å²) < 4.78 is 1.10. The van der Waals surface area contributed by atoms with Crippen LogP contribution < -0.4 is 5.32 Å². The minimum absolute atomic E-state index is 0.164. The summed E-state index contributed by atoms with van der Waals surface area (Å²) in [4.78, 5) is 15.3. The lowest BCUT2D eigenvalue weighted by molar-refractivity contribution is -0.135. The molecule has 1 aromatic rings. The van der Waals surface area contributed by atoms with Crippen molar-refractivity contribution in [3.8, 4) is 0 Å². The summed E-state index contributed by atoms with van der Waals surface area (Å²) >= 11 is 5.12. The molecule has 3 nitrogen and oxygen atoms in total. The normalized spacial score (nSPS) is 20.2. The van der Waals surface area contributed by atoms with E-state index in [4.69, 9.17) is 0 Å². The van der Waals surface area contributed by atoms with Crippen molar-refractivity contribution in [2.75, 3.05) is 20.1 Å². The maximum absolute atomic E-state index is 12.2. The first-order chi connectivity index (χ1) is 8.16. The predicted molar refractivity (Wildman–Crippen MR) is 74.1 cm³/mol. The van der Waals surface area contributed by atoms with Crippen LogP contribution in [-0.4, -0.2) is 30.9 Å². The second kappa shape index (κ2) is 5.98. The van der Waals surface area contributed by atoms with Crippen molar-refractivity contribution < 1.29 is 4.79 Å². The first kappa shape index (κ1) is 13.1. The zero-order valence-corrected chi connectivity index (χ0v) is 12.3. The van der Waals surface area contributed by atoms with E-state index in [0.29, 0.717) is 6.54 Å². The number of carbonyl (C=O) groups is 1. The van der Waals surface area contributed by atoms with Crippen LogP contribution in [0.3, 0.4) is 0 Å². The largest absolute Gasteiger partial charge is 0.340 e. The highest BCUT2D eigenvalue weighted by Gasteiger charge is 2.23. The van der Waals surface area contributed by atoms with E-state index in [0.717, 1.165) is 30.4 Å². The molecule has 1 aliphatic rings. The second-order valence-corrected chi connectivity index (χ2v) is 6.38. The Bertz CT molecular complexity index is 388. The van der Waals surface area contributed by atoms with Crippen molar-refractivity contribution >= 4 is 33.2 Å². The predicted octanol–water partition coefficient (Wildman–Crippen LogP) is 2.47. The lowest BCUT2D eigenvalue weighted by Gasteiger charge is -2.26. The fourth-order valence-corrected chi connectivity index (χ4v) is 3.63. The Hall–Kier alpha value is -0.390. The Morgan fingerprint density at radius 2 is 2.53 bits per heavy atom. The molecule has 0 radical (unpaired) electrons. The summed E-state index contributed by atoms with van der Waals surface area (Å²) in [5, 5.41) is 5.34. The number of nitrogens with zero attached hydrogens (tertiary/aromatic N) is 1. The van der Waals surface area contributed by atoms with Crippen molar-refractivity contribution in [2.45, 2.75) is 19.4 Å². The number of halogens is 1. The molecule has 1 aromatic heterocycles. The molecule has 1 fully saturated rings. The quantitative estimate of drug-likeness (QED) is 0.929. The van der Waals surface area contributed by atoms with Crippen LogP contribution in [0.5, 0.6) is 0 Å². The van der Waals surface area contributed by atoms with Gasteiger partial charge >= 0.3 is 0 Å². The number of rotatable bonds is 3. The zero-order valence-electron chi connectivity index (χ0n) is 9.91. The van der Waals surface area contributed by atoms with Crippen LogP contribution >= 0.6 is 27.3 Å². The molecular formula is C12H17BrN2OS. The van der Waals surface area contributed by atoms with Crippen molar-refractivity contribution in [1.82, 2.24) is 10.2 Å². The van der Waals surface area contributed by atoms with E-state index in [9.17, 15) is 4.79 Å². The van der Waals surface area contributed by atoms with Crippen molar-refractivity contribution in [3.63, 3.8) is 0 Å². The van der Waals surface area contributed by atoms with E-state index in [-0.39, 0.29) is 11.8 Å². The summed E-state index contributed by atoms with van der Waals surface area (Å²) in [6.45, 7) is 2.59. The van der Waals surface area contributed by atoms with Gasteiger partial charge in [-0.25, -0.2) is 0 Å². The van der Waals surface area contributed by atoms with Gasteiger partial charge in [0.15, 0.2) is 0 Å². The molecule has 0 saturated carbocycles. The minimum Gasteiger partial charge on any atom is -0.340 e. The summed E-state index contributed by atoms with van der Waals surface area (Å²) in [5.41, 5.74) is 0. The highest BCUT2D eigenvalue weighted by atomic mass is 79.9. The molecule has 2 rings (SSSR count). The molecule has 1 amide bonds. The van der Waals surface area contributed by atoms with E-state index in [2.05, 4.69) is 32.7 Å². The standard InChI is InChI=1S/C12H17BrN2OS/c1-15(7-11-5-10(13)8-17-11)12(16)9-3-2-4-14-6-9/h5,8-9,14H,2-4,6-7H2,1H3/t9-/m1/s1. The number of thiophene rings is 1. The van der Waals surface area contributed by atoms with Gasteiger partial charge in [-0.05, 0) is 41.4 Å². The van der Waals surface area contributed by atoms with Gasteiger partial charge in [0.25, 0.3) is 0 Å². The highest BCUT2D eigenvalue weighted by molar-refractivity contribution is 9.10. The number of nitrogens with one attached hydrogen (secondary N) is 1. The van der Waals surface area contributed by atoms with Gasteiger partial charge in [-0.2, -0.15) is 0 Å². The van der Waals surface area contributed by atoms with Crippen molar-refractivity contribution in [3.05, 3.63) is 20.8 Å². The molecular weight excluding hydrogens is 300 g/mol. The van der Waals surface area contributed by atoms with Crippen molar-refractivity contribution in [1.29, 1.82) is 0 Å². The van der Waals surface area contributed by atoms with E-state index in [1.54, 1.807) is 11.3 Å². The first-order valence-electron chi connectivity index (χ1n) is 5.85. The zero-order chi connectivity index (χ0) is 12.3. The van der Waals surface area contributed by atoms with E-state index >= 15 is 0 Å². The molecule has 1 atom stereocenters. The van der Waals surface area contributed by atoms with Gasteiger partial charge in [0.1, 0.15) is 0 Å². The van der Waals surface area contributed by atoms with Crippen LogP contribution in [0, 0.1) is 5.92 Å². The third kappa shape index (κ3) is 3.53. The molecule has 0 aromatic carbocycles. The molecule has 0 bridgehead atoms. The van der Waals surface area contributed by atoms with E-state index < -0.39 is 0 Å². The number of amides is 1. The highest BCUT2D eigenvalue weighted by Crippen LogP contribution is 2.22. The van der Waals surface area contributed by atoms with Crippen LogP contribution in [0.1, 0.15) is 17.7 Å². The van der Waals surface area contributed by atoms with Gasteiger partial charge in [-0.3, -0.25) is 4.79 Å². The van der Waals surface area contributed by atoms with Crippen LogP contribution in [0.4, 0.5) is 0 Å². The summed E-state index contributed by atoms with van der Waals surface area (Å²) in [5.74, 6) is 0.430. The second-order valence-electron chi connectivity index (χ2n) is 4.47. The molecule has 1 saturated heterocycles. The smallest absolute Gasteiger partial charge is 0.227 e. The van der Waals surface area contributed by atoms with Gasteiger partial charge in [-0.15, -0.1) is 11.3 Å². The monoisotopic (exact) mass is 316 g/mol. The Morgan fingerprint density at radius 1 is 1.71 bits per heavy atom. The molecule has 5 heteroatoms. The summed E-state index contributed by atoms with van der Waals surface area (Å²) in [7, 11) is 1.89. The SMILES string of the molecule is CN(Cc1cc(Br)cs1)C(=O)[C@@H]1CCCNC1. The average Bonchev–Trinajstić information content (AvgIpc) is 2.75. The van der Waals surface area contributed by atoms with Crippen LogP contribution in [0.15, 0.2) is 15.9 Å². The number of carbonyl (C=O) groups excluding carboxylic acids is 1. The topological polar surface area (TPSA) is 32.3 Å². The molecule has 1 N–H and O–H groups in total. The third-order valence-electron chi connectivity index (χ3n) is 3.04. The lowest BCUT2D eigenvalue weighted by atomic mass is 9.98. The summed E-state index contributed by atoms with van der Waals surface area (Å²) in [6, 6.07) is 2.08. The number of hydrogen-bond acceptors (Lipinski definition) is 3. The lowest BCUT2D eigenvalue weighted by Crippen LogP contribution is -2.41. The first-order valence-corrected chi connectivity index (χ1v) is 7.52. The average molecular weight is 317 g/mol. The van der Waals surface area contributed by atoms with Gasteiger partial charge in [0.2, 0.25) is 5.91 Å². The minimum atomic E-state index is 0.164. The molecule has 0 spiro atoms. The van der Waals surface area contributed by atoms with Gasteiger partial charge in [0, 0.05) is 28.3 Å². The maximum atomic E-state index is 12.2. The molecule has 0 aliphatic carbocycles. The molecule has 1 aliphatic heterocycles. The fourth-order valence-electron chi connectivity index (χ4n) is 2.12.